The predicted molar refractivity (Wildman–Crippen MR) is 70.2 cm³/mol. The average Bonchev–Trinajstić information content (AvgIpc) is 2.35. The summed E-state index contributed by atoms with van der Waals surface area (Å²) in [7, 11) is 0. The van der Waals surface area contributed by atoms with E-state index in [0.29, 0.717) is 19.0 Å². The summed E-state index contributed by atoms with van der Waals surface area (Å²) in [6.45, 7) is 5.66. The monoisotopic (exact) mass is 258 g/mol. The average molecular weight is 258 g/mol. The fourth-order valence-corrected chi connectivity index (χ4v) is 2.60. The summed E-state index contributed by atoms with van der Waals surface area (Å²) >= 11 is 0. The van der Waals surface area contributed by atoms with Gasteiger partial charge in [0.05, 0.1) is 12.7 Å². The molecule has 1 heterocycles. The van der Waals surface area contributed by atoms with Gasteiger partial charge in [-0.25, -0.2) is 0 Å². The fraction of sp³-hybridized carbons (Fsp3) is 0.923. The van der Waals surface area contributed by atoms with E-state index < -0.39 is 0 Å². The third-order valence-corrected chi connectivity index (χ3v) is 3.60. The standard InChI is InChI=1S/C13H26N2O3/c1-3-13(18)7-11-6-12(14-4-5-16)9-15(8-11)10(2)17/h11-14,16,18H,3-9H2,1-2H3. The van der Waals surface area contributed by atoms with Crippen LogP contribution in [0.25, 0.3) is 0 Å². The van der Waals surface area contributed by atoms with E-state index in [-0.39, 0.29) is 24.7 Å². The topological polar surface area (TPSA) is 72.8 Å². The zero-order valence-corrected chi connectivity index (χ0v) is 11.4. The van der Waals surface area contributed by atoms with E-state index in [1.807, 2.05) is 11.8 Å². The van der Waals surface area contributed by atoms with Crippen LogP contribution in [0.2, 0.25) is 0 Å². The molecule has 0 aromatic heterocycles. The minimum absolute atomic E-state index is 0.0847. The van der Waals surface area contributed by atoms with Gasteiger partial charge in [-0.15, -0.1) is 0 Å². The van der Waals surface area contributed by atoms with E-state index in [1.165, 1.54) is 0 Å². The van der Waals surface area contributed by atoms with Gasteiger partial charge in [0, 0.05) is 32.6 Å². The summed E-state index contributed by atoms with van der Waals surface area (Å²) in [5.41, 5.74) is 0. The molecule has 3 atom stereocenters. The number of hydrogen-bond acceptors (Lipinski definition) is 4. The minimum atomic E-state index is -0.277. The number of aliphatic hydroxyl groups is 2. The summed E-state index contributed by atoms with van der Waals surface area (Å²) in [5, 5.41) is 21.8. The van der Waals surface area contributed by atoms with Crippen LogP contribution in [0.1, 0.15) is 33.1 Å². The number of carbonyl (C=O) groups is 1. The molecule has 0 bridgehead atoms. The number of amides is 1. The van der Waals surface area contributed by atoms with Crippen LogP contribution in [0.4, 0.5) is 0 Å². The van der Waals surface area contributed by atoms with E-state index in [9.17, 15) is 9.90 Å². The molecule has 3 N–H and O–H groups in total. The van der Waals surface area contributed by atoms with Crippen LogP contribution in [0.5, 0.6) is 0 Å². The summed E-state index contributed by atoms with van der Waals surface area (Å²) < 4.78 is 0. The third kappa shape index (κ3) is 4.92. The second-order valence-corrected chi connectivity index (χ2v) is 5.20. The lowest BCUT2D eigenvalue weighted by Gasteiger charge is -2.38. The lowest BCUT2D eigenvalue weighted by atomic mass is 9.89. The van der Waals surface area contributed by atoms with Crippen LogP contribution in [0.15, 0.2) is 0 Å². The van der Waals surface area contributed by atoms with Gasteiger partial charge in [0.2, 0.25) is 5.91 Å². The molecule has 0 aromatic rings. The van der Waals surface area contributed by atoms with E-state index in [1.54, 1.807) is 6.92 Å². The maximum Gasteiger partial charge on any atom is 0.219 e. The molecule has 5 heteroatoms. The van der Waals surface area contributed by atoms with Crippen molar-refractivity contribution in [2.24, 2.45) is 5.92 Å². The summed E-state index contributed by atoms with van der Waals surface area (Å²) in [4.78, 5) is 13.3. The van der Waals surface area contributed by atoms with Gasteiger partial charge in [0.1, 0.15) is 0 Å². The Balaban J connectivity index is 2.53. The van der Waals surface area contributed by atoms with Gasteiger partial charge in [-0.05, 0) is 25.2 Å². The molecular formula is C13H26N2O3. The van der Waals surface area contributed by atoms with Crippen LogP contribution >= 0.6 is 0 Å². The molecule has 1 aliphatic heterocycles. The third-order valence-electron chi connectivity index (χ3n) is 3.60. The Morgan fingerprint density at radius 1 is 1.50 bits per heavy atom. The molecule has 1 saturated heterocycles. The Kier molecular flexibility index (Phi) is 6.60. The van der Waals surface area contributed by atoms with Gasteiger partial charge < -0.3 is 20.4 Å². The number of rotatable bonds is 6. The van der Waals surface area contributed by atoms with Crippen LogP contribution < -0.4 is 5.32 Å². The number of carbonyl (C=O) groups excluding carboxylic acids is 1. The molecule has 0 radical (unpaired) electrons. The maximum atomic E-state index is 11.5. The second kappa shape index (κ2) is 7.71. The number of aliphatic hydroxyl groups excluding tert-OH is 2. The van der Waals surface area contributed by atoms with Crippen LogP contribution in [0.3, 0.4) is 0 Å². The highest BCUT2D eigenvalue weighted by molar-refractivity contribution is 5.73. The van der Waals surface area contributed by atoms with Crippen molar-refractivity contribution in [2.75, 3.05) is 26.2 Å². The van der Waals surface area contributed by atoms with Crippen molar-refractivity contribution >= 4 is 5.91 Å². The molecule has 0 aliphatic carbocycles. The molecule has 1 rings (SSSR count). The zero-order valence-electron chi connectivity index (χ0n) is 11.4. The Morgan fingerprint density at radius 2 is 2.22 bits per heavy atom. The highest BCUT2D eigenvalue weighted by Gasteiger charge is 2.29. The fourth-order valence-electron chi connectivity index (χ4n) is 2.60. The van der Waals surface area contributed by atoms with Gasteiger partial charge in [0.25, 0.3) is 0 Å². The van der Waals surface area contributed by atoms with Crippen molar-refractivity contribution in [3.8, 4) is 0 Å². The number of hydrogen-bond donors (Lipinski definition) is 3. The van der Waals surface area contributed by atoms with Crippen molar-refractivity contribution in [1.29, 1.82) is 0 Å². The van der Waals surface area contributed by atoms with Crippen molar-refractivity contribution in [2.45, 2.75) is 45.3 Å². The highest BCUT2D eigenvalue weighted by Crippen LogP contribution is 2.22. The number of nitrogens with one attached hydrogen (secondary N) is 1. The quantitative estimate of drug-likeness (QED) is 0.625. The first kappa shape index (κ1) is 15.4. The molecule has 18 heavy (non-hydrogen) atoms. The highest BCUT2D eigenvalue weighted by atomic mass is 16.3. The molecule has 3 unspecified atom stereocenters. The molecular weight excluding hydrogens is 232 g/mol. The molecule has 1 fully saturated rings. The lowest BCUT2D eigenvalue weighted by molar-refractivity contribution is -0.131. The molecule has 106 valence electrons. The SMILES string of the molecule is CCC(O)CC1CC(NCCO)CN(C(C)=O)C1. The summed E-state index contributed by atoms with van der Waals surface area (Å²) in [6, 6.07) is 0.226. The molecule has 0 saturated carbocycles. The second-order valence-electron chi connectivity index (χ2n) is 5.20. The van der Waals surface area contributed by atoms with Crippen molar-refractivity contribution < 1.29 is 15.0 Å². The maximum absolute atomic E-state index is 11.5. The first-order chi connectivity index (χ1) is 8.56. The normalized spacial score (nSPS) is 26.1. The summed E-state index contributed by atoms with van der Waals surface area (Å²) in [5.74, 6) is 0.426. The van der Waals surface area contributed by atoms with Gasteiger partial charge in [0.15, 0.2) is 0 Å². The largest absolute Gasteiger partial charge is 0.395 e. The smallest absolute Gasteiger partial charge is 0.219 e. The first-order valence-corrected chi connectivity index (χ1v) is 6.84. The van der Waals surface area contributed by atoms with E-state index in [4.69, 9.17) is 5.11 Å². The molecule has 0 spiro atoms. The summed E-state index contributed by atoms with van der Waals surface area (Å²) in [6.07, 6.45) is 2.18. The Bertz CT molecular complexity index is 261. The van der Waals surface area contributed by atoms with Crippen LogP contribution in [0, 0.1) is 5.92 Å². The molecule has 0 aromatic carbocycles. The van der Waals surface area contributed by atoms with Crippen molar-refractivity contribution in [3.63, 3.8) is 0 Å². The van der Waals surface area contributed by atoms with Crippen LogP contribution in [-0.2, 0) is 4.79 Å². The van der Waals surface area contributed by atoms with Gasteiger partial charge >= 0.3 is 0 Å². The Morgan fingerprint density at radius 3 is 2.78 bits per heavy atom. The first-order valence-electron chi connectivity index (χ1n) is 6.84. The molecule has 5 nitrogen and oxygen atoms in total. The van der Waals surface area contributed by atoms with Crippen molar-refractivity contribution in [3.05, 3.63) is 0 Å². The minimum Gasteiger partial charge on any atom is -0.395 e. The van der Waals surface area contributed by atoms with Gasteiger partial charge in [-0.1, -0.05) is 6.92 Å². The van der Waals surface area contributed by atoms with Gasteiger partial charge in [-0.2, -0.15) is 0 Å². The molecule has 1 amide bonds. The van der Waals surface area contributed by atoms with E-state index in [0.717, 1.165) is 25.8 Å². The van der Waals surface area contributed by atoms with Crippen LogP contribution in [-0.4, -0.2) is 59.4 Å². The van der Waals surface area contributed by atoms with E-state index >= 15 is 0 Å². The number of piperidine rings is 1. The Labute approximate surface area is 109 Å². The zero-order chi connectivity index (χ0) is 13.5. The molecule has 1 aliphatic rings. The van der Waals surface area contributed by atoms with Gasteiger partial charge in [-0.3, -0.25) is 4.79 Å². The predicted octanol–water partition coefficient (Wildman–Crippen LogP) is -0.0337. The number of nitrogens with zero attached hydrogens (tertiary/aromatic N) is 1. The lowest BCUT2D eigenvalue weighted by Crippen LogP contribution is -2.51. The number of likely N-dealkylation sites (tertiary alicyclic amines) is 1. The van der Waals surface area contributed by atoms with E-state index in [2.05, 4.69) is 5.32 Å². The Hall–Kier alpha value is -0.650. The van der Waals surface area contributed by atoms with Crippen molar-refractivity contribution in [1.82, 2.24) is 10.2 Å².